The van der Waals surface area contributed by atoms with Crippen molar-refractivity contribution in [3.8, 4) is 0 Å². The summed E-state index contributed by atoms with van der Waals surface area (Å²) in [6, 6.07) is 7.53. The van der Waals surface area contributed by atoms with Crippen molar-refractivity contribution in [2.75, 3.05) is 6.54 Å². The zero-order valence-electron chi connectivity index (χ0n) is 5.96. The van der Waals surface area contributed by atoms with Crippen LogP contribution in [0, 0.1) is 10.9 Å². The van der Waals surface area contributed by atoms with E-state index < -0.39 is 0 Å². The maximum atomic E-state index is 7.50. The molecule has 11 heavy (non-hydrogen) atoms. The first-order chi connectivity index (χ1) is 5.29. The second kappa shape index (κ2) is 1.99. The molecule has 0 saturated carbocycles. The minimum absolute atomic E-state index is 0.416. The first kappa shape index (κ1) is 6.22. The lowest BCUT2D eigenvalue weighted by atomic mass is 10.1. The minimum atomic E-state index is 0.416. The highest BCUT2D eigenvalue weighted by molar-refractivity contribution is 6.04. The predicted molar refractivity (Wildman–Crippen MR) is 40.8 cm³/mol. The van der Waals surface area contributed by atoms with Gasteiger partial charge >= 0.3 is 0 Å². The molecule has 0 spiro atoms. The van der Waals surface area contributed by atoms with Crippen LogP contribution in [-0.2, 0) is 0 Å². The van der Waals surface area contributed by atoms with Gasteiger partial charge < -0.3 is 0 Å². The van der Waals surface area contributed by atoms with E-state index in [9.17, 15) is 0 Å². The molecule has 1 aromatic carbocycles. The lowest BCUT2D eigenvalue weighted by molar-refractivity contribution is -0.515. The van der Waals surface area contributed by atoms with Crippen LogP contribution in [0.15, 0.2) is 24.3 Å². The number of nitrogens with zero attached hydrogens (tertiary/aromatic N) is 1. The molecule has 3 heteroatoms. The lowest BCUT2D eigenvalue weighted by Crippen LogP contribution is -2.01. The third-order valence-corrected chi connectivity index (χ3v) is 1.84. The molecule has 0 bridgehead atoms. The second-order valence-electron chi connectivity index (χ2n) is 2.58. The molecule has 0 radical (unpaired) electrons. The highest BCUT2D eigenvalue weighted by Gasteiger charge is 2.27. The Labute approximate surface area is 64.3 Å². The number of hydrogen-bond acceptors (Lipinski definition) is 2. The highest BCUT2D eigenvalue weighted by atomic mass is 15.2. The van der Waals surface area contributed by atoms with Crippen molar-refractivity contribution in [3.05, 3.63) is 29.8 Å². The molecule has 0 aliphatic carbocycles. The smallest absolute Gasteiger partial charge is 0.241 e. The molecule has 2 rings (SSSR count). The Morgan fingerprint density at radius 2 is 2.00 bits per heavy atom. The average Bonchev–Trinajstić information content (AvgIpc) is 2.30. The summed E-state index contributed by atoms with van der Waals surface area (Å²) < 4.78 is 1.34. The molecule has 54 valence electrons. The van der Waals surface area contributed by atoms with Crippen LogP contribution >= 0.6 is 0 Å². The topological polar surface area (TPSA) is 50.7 Å². The lowest BCUT2D eigenvalue weighted by Gasteiger charge is -1.86. The van der Waals surface area contributed by atoms with Gasteiger partial charge in [0.15, 0.2) is 0 Å². The molecule has 1 heterocycles. The number of nitrogens with one attached hydrogen (secondary N) is 2. The second-order valence-corrected chi connectivity index (χ2v) is 2.58. The van der Waals surface area contributed by atoms with Crippen LogP contribution in [0.2, 0.25) is 0 Å². The highest BCUT2D eigenvalue weighted by Crippen LogP contribution is 2.24. The molecule has 1 aliphatic rings. The van der Waals surface area contributed by atoms with E-state index in [4.69, 9.17) is 10.9 Å². The van der Waals surface area contributed by atoms with Crippen LogP contribution in [0.3, 0.4) is 0 Å². The monoisotopic (exact) mass is 146 g/mol. The van der Waals surface area contributed by atoms with Crippen molar-refractivity contribution in [3.63, 3.8) is 0 Å². The Bertz CT molecular complexity index is 308. The van der Waals surface area contributed by atoms with Crippen LogP contribution in [0.1, 0.15) is 5.56 Å². The summed E-state index contributed by atoms with van der Waals surface area (Å²) in [4.78, 5) is 0. The van der Waals surface area contributed by atoms with E-state index in [1.165, 1.54) is 4.70 Å². The van der Waals surface area contributed by atoms with Gasteiger partial charge in [-0.1, -0.05) is 22.4 Å². The van der Waals surface area contributed by atoms with E-state index in [0.717, 1.165) is 11.3 Å². The molecule has 0 unspecified atom stereocenters. The van der Waals surface area contributed by atoms with Crippen molar-refractivity contribution in [2.24, 2.45) is 0 Å². The van der Waals surface area contributed by atoms with Gasteiger partial charge in [0.2, 0.25) is 12.2 Å². The Hall–Kier alpha value is -1.51. The van der Waals surface area contributed by atoms with Gasteiger partial charge in [-0.15, -0.1) is 0 Å². The Kier molecular flexibility index (Phi) is 1.12. The van der Waals surface area contributed by atoms with Crippen molar-refractivity contribution >= 4 is 11.4 Å². The van der Waals surface area contributed by atoms with Gasteiger partial charge in [0.25, 0.3) is 0 Å². The van der Waals surface area contributed by atoms with Crippen LogP contribution in [0.25, 0.3) is 0 Å². The Balaban J connectivity index is 2.69. The van der Waals surface area contributed by atoms with E-state index in [-0.39, 0.29) is 0 Å². The molecule has 0 atom stereocenters. The van der Waals surface area contributed by atoms with Gasteiger partial charge in [-0.3, -0.25) is 5.41 Å². The van der Waals surface area contributed by atoms with E-state index in [0.29, 0.717) is 12.3 Å². The summed E-state index contributed by atoms with van der Waals surface area (Å²) in [5.41, 5.74) is 9.71. The maximum Gasteiger partial charge on any atom is 0.241 e. The van der Waals surface area contributed by atoms with Crippen molar-refractivity contribution < 1.29 is 4.70 Å². The zero-order valence-corrected chi connectivity index (χ0v) is 5.96. The summed E-state index contributed by atoms with van der Waals surface area (Å²) >= 11 is 0. The van der Waals surface area contributed by atoms with E-state index in [1.54, 1.807) is 0 Å². The zero-order chi connectivity index (χ0) is 7.84. The molecule has 1 aromatic rings. The molecular formula is C8H8N3+. The SMILES string of the molecule is N=C1C[N+](=N)c2ccccc21. The summed E-state index contributed by atoms with van der Waals surface area (Å²) in [7, 11) is 0. The van der Waals surface area contributed by atoms with Crippen molar-refractivity contribution in [1.82, 2.24) is 0 Å². The van der Waals surface area contributed by atoms with Crippen LogP contribution in [-0.4, -0.2) is 17.0 Å². The molecular weight excluding hydrogens is 138 g/mol. The third-order valence-electron chi connectivity index (χ3n) is 1.84. The molecule has 1 aliphatic heterocycles. The predicted octanol–water partition coefficient (Wildman–Crippen LogP) is 1.74. The van der Waals surface area contributed by atoms with Crippen molar-refractivity contribution in [2.45, 2.75) is 0 Å². The van der Waals surface area contributed by atoms with E-state index in [1.807, 2.05) is 24.3 Å². The number of benzene rings is 1. The summed E-state index contributed by atoms with van der Waals surface area (Å²) in [5, 5.41) is 7.50. The van der Waals surface area contributed by atoms with Crippen molar-refractivity contribution in [1.29, 1.82) is 10.9 Å². The summed E-state index contributed by atoms with van der Waals surface area (Å²) in [6.45, 7) is 0.416. The Morgan fingerprint density at radius 3 is 2.73 bits per heavy atom. The van der Waals surface area contributed by atoms with Gasteiger partial charge in [-0.2, -0.15) is 0 Å². The molecule has 0 amide bonds. The van der Waals surface area contributed by atoms with Crippen LogP contribution in [0.4, 0.5) is 5.69 Å². The Morgan fingerprint density at radius 1 is 1.27 bits per heavy atom. The summed E-state index contributed by atoms with van der Waals surface area (Å²) in [6.07, 6.45) is 0. The third kappa shape index (κ3) is 0.774. The molecule has 0 saturated heterocycles. The van der Waals surface area contributed by atoms with Gasteiger partial charge in [0, 0.05) is 6.07 Å². The number of fused-ring (bicyclic) bond motifs is 1. The standard InChI is InChI=1S/C8H8N3/c9-7-5-11(10)8-4-2-1-3-6(7)8/h1-4,9-10H,5H2/q+1. The minimum Gasteiger partial charge on any atom is -0.298 e. The van der Waals surface area contributed by atoms with Gasteiger partial charge in [0.1, 0.15) is 5.71 Å². The quantitative estimate of drug-likeness (QED) is 0.524. The maximum absolute atomic E-state index is 7.50. The van der Waals surface area contributed by atoms with Crippen LogP contribution in [0.5, 0.6) is 0 Å². The molecule has 0 aromatic heterocycles. The fraction of sp³-hybridized carbons (Fsp3) is 0.125. The molecule has 3 nitrogen and oxygen atoms in total. The van der Waals surface area contributed by atoms with E-state index >= 15 is 0 Å². The van der Waals surface area contributed by atoms with Gasteiger partial charge in [0.05, 0.1) is 5.56 Å². The van der Waals surface area contributed by atoms with Gasteiger partial charge in [-0.25, -0.2) is 0 Å². The van der Waals surface area contributed by atoms with Gasteiger partial charge in [-0.05, 0) is 6.07 Å². The molecule has 2 N–H and O–H groups in total. The first-order valence-corrected chi connectivity index (χ1v) is 3.44. The number of para-hydroxylation sites is 1. The summed E-state index contributed by atoms with van der Waals surface area (Å²) in [5.74, 6) is 0. The van der Waals surface area contributed by atoms with E-state index in [2.05, 4.69) is 0 Å². The largest absolute Gasteiger partial charge is 0.298 e. The molecule has 0 fully saturated rings. The fourth-order valence-corrected chi connectivity index (χ4v) is 1.29. The fourth-order valence-electron chi connectivity index (χ4n) is 1.29. The number of hydrogen-bond donors (Lipinski definition) is 2. The average molecular weight is 146 g/mol. The first-order valence-electron chi connectivity index (χ1n) is 3.44. The van der Waals surface area contributed by atoms with Crippen LogP contribution < -0.4 is 0 Å². The number of rotatable bonds is 0. The normalized spacial score (nSPS) is 15.3.